The number of alkyl halides is 3. The van der Waals surface area contributed by atoms with Gasteiger partial charge in [0.1, 0.15) is 5.84 Å². The fourth-order valence-corrected chi connectivity index (χ4v) is 7.19. The average Bonchev–Trinajstić information content (AvgIpc) is 3.08. The number of aliphatic hydroxyl groups excluding tert-OH is 1. The fraction of sp³-hybridized carbons (Fsp3) is 0.423. The van der Waals surface area contributed by atoms with E-state index in [9.17, 15) is 23.1 Å². The van der Waals surface area contributed by atoms with Crippen molar-refractivity contribution < 1.29 is 23.1 Å². The molecule has 1 aromatic heterocycles. The third kappa shape index (κ3) is 4.65. The number of aliphatic hydroxyl groups is 1. The van der Waals surface area contributed by atoms with Gasteiger partial charge in [-0.25, -0.2) is 4.99 Å². The summed E-state index contributed by atoms with van der Waals surface area (Å²) >= 11 is 7.66. The van der Waals surface area contributed by atoms with Crippen LogP contribution in [-0.4, -0.2) is 75.5 Å². The lowest BCUT2D eigenvalue weighted by Crippen LogP contribution is -2.60. The second-order valence-electron chi connectivity index (χ2n) is 9.73. The van der Waals surface area contributed by atoms with Crippen LogP contribution in [0.2, 0.25) is 5.02 Å². The molecule has 0 spiro atoms. The second kappa shape index (κ2) is 10.1. The Morgan fingerprint density at radius 3 is 2.55 bits per heavy atom. The lowest BCUT2D eigenvalue weighted by molar-refractivity contribution is -0.137. The Labute approximate surface area is 228 Å². The maximum Gasteiger partial charge on any atom is 0.417 e. The van der Waals surface area contributed by atoms with Crippen LogP contribution in [0.3, 0.4) is 0 Å². The molecule has 5 rings (SSSR count). The number of hydrogen-bond acceptors (Lipinski definition) is 7. The minimum absolute atomic E-state index is 0.174. The first-order valence-corrected chi connectivity index (χ1v) is 13.6. The molecule has 1 fully saturated rings. The molecule has 0 aliphatic carbocycles. The van der Waals surface area contributed by atoms with Crippen LogP contribution in [0.25, 0.3) is 0 Å². The first-order chi connectivity index (χ1) is 18.0. The summed E-state index contributed by atoms with van der Waals surface area (Å²) in [5.41, 5.74) is 0.532. The van der Waals surface area contributed by atoms with Crippen LogP contribution in [0.5, 0.6) is 0 Å². The van der Waals surface area contributed by atoms with E-state index in [1.165, 1.54) is 17.8 Å². The number of aromatic nitrogens is 1. The topological polar surface area (TPSA) is 72.3 Å². The lowest BCUT2D eigenvalue weighted by atomic mass is 9.99. The van der Waals surface area contributed by atoms with Gasteiger partial charge < -0.3 is 19.8 Å². The van der Waals surface area contributed by atoms with E-state index in [0.29, 0.717) is 31.1 Å². The SMILES string of the molecule is C=CC(=O)N1[C@H](C)CN(C2=NC(O)N3C[C@H](c4ccccn4)CSc4c(Cl)c(C(F)(F)F)cc2c43)C[C@@H]1C. The van der Waals surface area contributed by atoms with E-state index in [2.05, 4.69) is 16.6 Å². The van der Waals surface area contributed by atoms with Crippen molar-refractivity contribution in [3.05, 3.63) is 65.0 Å². The summed E-state index contributed by atoms with van der Waals surface area (Å²) in [7, 11) is 0. The van der Waals surface area contributed by atoms with Gasteiger partial charge in [-0.05, 0) is 38.1 Å². The minimum atomic E-state index is -4.68. The van der Waals surface area contributed by atoms with Crippen molar-refractivity contribution in [1.82, 2.24) is 14.8 Å². The molecule has 4 heterocycles. The molecule has 1 N–H and O–H groups in total. The smallest absolute Gasteiger partial charge is 0.355 e. The highest BCUT2D eigenvalue weighted by Crippen LogP contribution is 2.51. The molecular weight excluding hydrogens is 539 g/mol. The summed E-state index contributed by atoms with van der Waals surface area (Å²) in [5, 5.41) is 10.8. The third-order valence-electron chi connectivity index (χ3n) is 7.14. The number of piperazine rings is 1. The van der Waals surface area contributed by atoms with Crippen molar-refractivity contribution in [2.45, 2.75) is 49.3 Å². The predicted octanol–water partition coefficient (Wildman–Crippen LogP) is 4.59. The van der Waals surface area contributed by atoms with Crippen molar-refractivity contribution in [3.63, 3.8) is 0 Å². The van der Waals surface area contributed by atoms with Gasteiger partial charge in [-0.3, -0.25) is 9.78 Å². The molecule has 1 amide bonds. The largest absolute Gasteiger partial charge is 0.417 e. The molecular formula is C26H27ClF3N5O2S. The Bertz CT molecular complexity index is 1280. The zero-order chi connectivity index (χ0) is 27.4. The average molecular weight is 566 g/mol. The molecule has 3 aliphatic rings. The molecule has 0 radical (unpaired) electrons. The quantitative estimate of drug-likeness (QED) is 0.537. The van der Waals surface area contributed by atoms with Gasteiger partial charge in [-0.2, -0.15) is 13.2 Å². The number of amidine groups is 1. The van der Waals surface area contributed by atoms with Gasteiger partial charge in [0.15, 0.2) is 0 Å². The number of aliphatic imine (C=N–C) groups is 1. The number of carbonyl (C=O) groups is 1. The molecule has 0 saturated carbocycles. The van der Waals surface area contributed by atoms with Gasteiger partial charge in [0.25, 0.3) is 0 Å². The number of pyridine rings is 1. The lowest BCUT2D eigenvalue weighted by Gasteiger charge is -2.47. The number of benzene rings is 1. The first kappa shape index (κ1) is 26.8. The van der Waals surface area contributed by atoms with Crippen LogP contribution in [0, 0.1) is 0 Å². The standard InChI is InChI=1S/C26H27ClF3N5O2S/c1-4-20(36)35-14(2)10-33(11-15(35)3)24-17-9-18(26(28,29)30)21(27)23-22(17)34(25(37)32-24)12-16(13-38-23)19-7-5-6-8-31-19/h4-9,14-16,25,37H,1,10-13H2,2-3H3/t14-,15+,16-,25?/m0/s1. The summed E-state index contributed by atoms with van der Waals surface area (Å²) < 4.78 is 42.5. The zero-order valence-corrected chi connectivity index (χ0v) is 22.4. The number of amides is 1. The van der Waals surface area contributed by atoms with E-state index in [-0.39, 0.29) is 45.2 Å². The van der Waals surface area contributed by atoms with Gasteiger partial charge in [-0.1, -0.05) is 24.2 Å². The van der Waals surface area contributed by atoms with Crippen molar-refractivity contribution in [2.24, 2.45) is 4.99 Å². The van der Waals surface area contributed by atoms with E-state index < -0.39 is 18.1 Å². The molecule has 1 unspecified atom stereocenters. The minimum Gasteiger partial charge on any atom is -0.355 e. The van der Waals surface area contributed by atoms with E-state index in [4.69, 9.17) is 11.6 Å². The molecule has 3 aliphatic heterocycles. The number of anilines is 1. The van der Waals surface area contributed by atoms with Crippen molar-refractivity contribution in [2.75, 3.05) is 30.3 Å². The number of carbonyl (C=O) groups excluding carboxylic acids is 1. The van der Waals surface area contributed by atoms with E-state index in [1.54, 1.807) is 22.1 Å². The highest BCUT2D eigenvalue weighted by Gasteiger charge is 2.43. The Balaban J connectivity index is 1.61. The van der Waals surface area contributed by atoms with Crippen LogP contribution in [0.1, 0.15) is 36.6 Å². The summed E-state index contributed by atoms with van der Waals surface area (Å²) in [6.45, 7) is 8.27. The number of nitrogens with zero attached hydrogens (tertiary/aromatic N) is 5. The Morgan fingerprint density at radius 1 is 1.24 bits per heavy atom. The van der Waals surface area contributed by atoms with E-state index >= 15 is 0 Å². The molecule has 0 bridgehead atoms. The van der Waals surface area contributed by atoms with Crippen molar-refractivity contribution >= 4 is 40.8 Å². The van der Waals surface area contributed by atoms with Gasteiger partial charge in [0, 0.05) is 60.8 Å². The van der Waals surface area contributed by atoms with Crippen LogP contribution in [0.4, 0.5) is 18.9 Å². The second-order valence-corrected chi connectivity index (χ2v) is 11.1. The Hall–Kier alpha value is -2.76. The normalized spacial score (nSPS) is 25.4. The molecule has 1 saturated heterocycles. The molecule has 4 atom stereocenters. The maximum atomic E-state index is 14.2. The first-order valence-electron chi connectivity index (χ1n) is 12.2. The highest BCUT2D eigenvalue weighted by atomic mass is 35.5. The Morgan fingerprint density at radius 2 is 1.95 bits per heavy atom. The number of rotatable bonds is 2. The maximum absolute atomic E-state index is 14.2. The predicted molar refractivity (Wildman–Crippen MR) is 142 cm³/mol. The van der Waals surface area contributed by atoms with Gasteiger partial charge in [-0.15, -0.1) is 11.8 Å². The zero-order valence-electron chi connectivity index (χ0n) is 20.8. The van der Waals surface area contributed by atoms with Crippen molar-refractivity contribution in [1.29, 1.82) is 0 Å². The van der Waals surface area contributed by atoms with Crippen LogP contribution < -0.4 is 4.90 Å². The molecule has 12 heteroatoms. The van der Waals surface area contributed by atoms with Gasteiger partial charge in [0.2, 0.25) is 12.3 Å². The van der Waals surface area contributed by atoms with Crippen molar-refractivity contribution in [3.8, 4) is 0 Å². The monoisotopic (exact) mass is 565 g/mol. The molecule has 38 heavy (non-hydrogen) atoms. The Kier molecular flexibility index (Phi) is 7.12. The van der Waals surface area contributed by atoms with Gasteiger partial charge in [0.05, 0.1) is 21.2 Å². The highest BCUT2D eigenvalue weighted by molar-refractivity contribution is 7.99. The number of thioether (sulfide) groups is 1. The summed E-state index contributed by atoms with van der Waals surface area (Å²) in [4.78, 5) is 26.8. The van der Waals surface area contributed by atoms with Gasteiger partial charge >= 0.3 is 6.18 Å². The summed E-state index contributed by atoms with van der Waals surface area (Å²) in [6.07, 6.45) is -3.09. The summed E-state index contributed by atoms with van der Waals surface area (Å²) in [5.74, 6) is 0.303. The van der Waals surface area contributed by atoms with E-state index in [0.717, 1.165) is 11.8 Å². The molecule has 1 aromatic carbocycles. The number of halogens is 4. The van der Waals surface area contributed by atoms with Crippen LogP contribution in [0.15, 0.2) is 53.0 Å². The number of hydrogen-bond donors (Lipinski definition) is 1. The van der Waals surface area contributed by atoms with Crippen LogP contribution >= 0.6 is 23.4 Å². The van der Waals surface area contributed by atoms with E-state index in [1.807, 2.05) is 30.9 Å². The molecule has 202 valence electrons. The molecule has 7 nitrogen and oxygen atoms in total. The van der Waals surface area contributed by atoms with Crippen LogP contribution in [-0.2, 0) is 11.0 Å². The molecule has 2 aromatic rings. The third-order valence-corrected chi connectivity index (χ3v) is 8.90. The summed E-state index contributed by atoms with van der Waals surface area (Å²) in [6, 6.07) is 6.05. The fourth-order valence-electron chi connectivity index (χ4n) is 5.53.